The molecule has 5 nitrogen and oxygen atoms in total. The van der Waals surface area contributed by atoms with E-state index in [1.54, 1.807) is 12.4 Å². The first-order chi connectivity index (χ1) is 8.38. The highest BCUT2D eigenvalue weighted by molar-refractivity contribution is 5.36. The lowest BCUT2D eigenvalue weighted by Gasteiger charge is -2.45. The average Bonchev–Trinajstić information content (AvgIpc) is 2.41. The summed E-state index contributed by atoms with van der Waals surface area (Å²) in [6, 6.07) is 0. The molecule has 2 aliphatic rings. The molecule has 3 heterocycles. The number of hydrogen-bond acceptors (Lipinski definition) is 5. The highest BCUT2D eigenvalue weighted by atomic mass is 16.5. The molecule has 1 unspecified atom stereocenters. The monoisotopic (exact) mass is 234 g/mol. The summed E-state index contributed by atoms with van der Waals surface area (Å²) in [6.45, 7) is 4.69. The quantitative estimate of drug-likeness (QED) is 0.764. The van der Waals surface area contributed by atoms with Gasteiger partial charge in [-0.2, -0.15) is 0 Å². The number of hydrogen-bond donors (Lipinski definition) is 1. The molecule has 0 bridgehead atoms. The van der Waals surface area contributed by atoms with E-state index in [4.69, 9.17) is 4.74 Å². The van der Waals surface area contributed by atoms with Gasteiger partial charge in [0.05, 0.1) is 18.4 Å². The number of morpholine rings is 1. The Morgan fingerprint density at radius 3 is 3.18 bits per heavy atom. The van der Waals surface area contributed by atoms with Gasteiger partial charge >= 0.3 is 0 Å². The number of anilines is 1. The van der Waals surface area contributed by atoms with E-state index in [0.29, 0.717) is 0 Å². The number of aromatic nitrogens is 2. The maximum Gasteiger partial charge on any atom is 0.147 e. The van der Waals surface area contributed by atoms with Crippen molar-refractivity contribution >= 4 is 5.82 Å². The van der Waals surface area contributed by atoms with Gasteiger partial charge in [-0.1, -0.05) is 0 Å². The van der Waals surface area contributed by atoms with E-state index in [2.05, 4.69) is 20.2 Å². The Morgan fingerprint density at radius 2 is 2.41 bits per heavy atom. The number of piperidine rings is 1. The molecule has 1 spiro atoms. The molecule has 1 N–H and O–H groups in total. The summed E-state index contributed by atoms with van der Waals surface area (Å²) in [5.41, 5.74) is -0.0198. The van der Waals surface area contributed by atoms with Gasteiger partial charge < -0.3 is 15.0 Å². The van der Waals surface area contributed by atoms with Crippen molar-refractivity contribution in [3.8, 4) is 0 Å². The fraction of sp³-hybridized carbons (Fsp3) is 0.667. The first-order valence-corrected chi connectivity index (χ1v) is 6.24. The summed E-state index contributed by atoms with van der Waals surface area (Å²) in [5.74, 6) is 0.959. The molecule has 5 heteroatoms. The maximum atomic E-state index is 6.01. The van der Waals surface area contributed by atoms with E-state index >= 15 is 0 Å². The third kappa shape index (κ3) is 2.25. The van der Waals surface area contributed by atoms with E-state index < -0.39 is 0 Å². The van der Waals surface area contributed by atoms with Gasteiger partial charge in [-0.25, -0.2) is 4.98 Å². The van der Waals surface area contributed by atoms with Crippen LogP contribution in [0.15, 0.2) is 18.6 Å². The van der Waals surface area contributed by atoms with E-state index in [9.17, 15) is 0 Å². The van der Waals surface area contributed by atoms with Crippen LogP contribution in [-0.4, -0.2) is 48.4 Å². The molecule has 1 aromatic rings. The number of nitrogens with zero attached hydrogens (tertiary/aromatic N) is 3. The molecular weight excluding hydrogens is 216 g/mol. The third-order valence-corrected chi connectivity index (χ3v) is 3.55. The van der Waals surface area contributed by atoms with Crippen LogP contribution in [0.3, 0.4) is 0 Å². The molecule has 0 saturated carbocycles. The average molecular weight is 234 g/mol. The molecule has 1 aromatic heterocycles. The molecular formula is C12H18N4O. The lowest BCUT2D eigenvalue weighted by molar-refractivity contribution is -0.0726. The minimum atomic E-state index is -0.0198. The minimum Gasteiger partial charge on any atom is -0.371 e. The van der Waals surface area contributed by atoms with Crippen molar-refractivity contribution in [2.45, 2.75) is 18.4 Å². The van der Waals surface area contributed by atoms with Crippen LogP contribution < -0.4 is 10.2 Å². The van der Waals surface area contributed by atoms with Gasteiger partial charge in [-0.3, -0.25) is 4.98 Å². The van der Waals surface area contributed by atoms with Crippen LogP contribution in [0.2, 0.25) is 0 Å². The highest BCUT2D eigenvalue weighted by Gasteiger charge is 2.38. The predicted octanol–water partition coefficient (Wildman–Crippen LogP) is 0.435. The Kier molecular flexibility index (Phi) is 2.94. The van der Waals surface area contributed by atoms with E-state index in [1.807, 2.05) is 6.20 Å². The molecule has 0 amide bonds. The van der Waals surface area contributed by atoms with Crippen molar-refractivity contribution in [2.75, 3.05) is 37.7 Å². The fourth-order valence-corrected chi connectivity index (χ4v) is 2.72. The first-order valence-electron chi connectivity index (χ1n) is 6.24. The van der Waals surface area contributed by atoms with Crippen LogP contribution >= 0.6 is 0 Å². The Hall–Kier alpha value is -1.20. The Labute approximate surface area is 101 Å². The van der Waals surface area contributed by atoms with Crippen LogP contribution in [0.1, 0.15) is 12.8 Å². The van der Waals surface area contributed by atoms with E-state index in [-0.39, 0.29) is 5.60 Å². The van der Waals surface area contributed by atoms with Crippen molar-refractivity contribution in [1.82, 2.24) is 15.3 Å². The fourth-order valence-electron chi connectivity index (χ4n) is 2.72. The second-order valence-corrected chi connectivity index (χ2v) is 4.80. The van der Waals surface area contributed by atoms with Gasteiger partial charge in [0.2, 0.25) is 0 Å². The van der Waals surface area contributed by atoms with Gasteiger partial charge in [-0.15, -0.1) is 0 Å². The zero-order valence-corrected chi connectivity index (χ0v) is 9.93. The van der Waals surface area contributed by atoms with Crippen molar-refractivity contribution in [2.24, 2.45) is 0 Å². The maximum absolute atomic E-state index is 6.01. The van der Waals surface area contributed by atoms with Gasteiger partial charge in [0.1, 0.15) is 5.82 Å². The number of nitrogens with one attached hydrogen (secondary N) is 1. The van der Waals surface area contributed by atoms with Crippen LogP contribution in [0.25, 0.3) is 0 Å². The zero-order chi connectivity index (χ0) is 11.6. The molecule has 0 aromatic carbocycles. The number of ether oxygens (including phenoxy) is 1. The molecule has 2 saturated heterocycles. The molecule has 17 heavy (non-hydrogen) atoms. The van der Waals surface area contributed by atoms with Crippen molar-refractivity contribution in [1.29, 1.82) is 0 Å². The molecule has 92 valence electrons. The summed E-state index contributed by atoms with van der Waals surface area (Å²) >= 11 is 0. The summed E-state index contributed by atoms with van der Waals surface area (Å²) in [4.78, 5) is 10.8. The molecule has 3 rings (SSSR count). The van der Waals surface area contributed by atoms with E-state index in [0.717, 1.165) is 51.4 Å². The predicted molar refractivity (Wildman–Crippen MR) is 65.0 cm³/mol. The van der Waals surface area contributed by atoms with Crippen LogP contribution in [0.4, 0.5) is 5.82 Å². The summed E-state index contributed by atoms with van der Waals surface area (Å²) in [7, 11) is 0. The Bertz CT molecular complexity index is 359. The van der Waals surface area contributed by atoms with Crippen molar-refractivity contribution in [3.05, 3.63) is 18.6 Å². The lowest BCUT2D eigenvalue weighted by atomic mass is 9.91. The van der Waals surface area contributed by atoms with Crippen LogP contribution in [0, 0.1) is 0 Å². The summed E-state index contributed by atoms with van der Waals surface area (Å²) < 4.78 is 6.01. The van der Waals surface area contributed by atoms with Gasteiger partial charge in [0, 0.05) is 38.6 Å². The molecule has 0 radical (unpaired) electrons. The smallest absolute Gasteiger partial charge is 0.147 e. The zero-order valence-electron chi connectivity index (χ0n) is 9.93. The standard InChI is InChI=1S/C12H18N4O/c1-2-12(9-14-5-7-17-12)10-16(6-1)11-8-13-3-4-15-11/h3-4,8,14H,1-2,5-7,9-10H2. The second-order valence-electron chi connectivity index (χ2n) is 4.80. The highest BCUT2D eigenvalue weighted by Crippen LogP contribution is 2.28. The largest absolute Gasteiger partial charge is 0.371 e. The normalized spacial score (nSPS) is 29.5. The van der Waals surface area contributed by atoms with Crippen LogP contribution in [-0.2, 0) is 4.74 Å². The first kappa shape index (κ1) is 10.9. The molecule has 0 aliphatic carbocycles. The summed E-state index contributed by atoms with van der Waals surface area (Å²) in [6.07, 6.45) is 7.57. The van der Waals surface area contributed by atoms with E-state index in [1.165, 1.54) is 0 Å². The third-order valence-electron chi connectivity index (χ3n) is 3.55. The van der Waals surface area contributed by atoms with Crippen molar-refractivity contribution in [3.63, 3.8) is 0 Å². The second kappa shape index (κ2) is 4.58. The van der Waals surface area contributed by atoms with Crippen molar-refractivity contribution < 1.29 is 4.74 Å². The Morgan fingerprint density at radius 1 is 1.41 bits per heavy atom. The van der Waals surface area contributed by atoms with Gasteiger partial charge in [-0.05, 0) is 12.8 Å². The summed E-state index contributed by atoms with van der Waals surface area (Å²) in [5, 5.41) is 3.43. The van der Waals surface area contributed by atoms with Crippen LogP contribution in [0.5, 0.6) is 0 Å². The Balaban J connectivity index is 1.75. The molecule has 2 fully saturated rings. The topological polar surface area (TPSA) is 50.3 Å². The SMILES string of the molecule is c1cnc(N2CCCC3(CNCCO3)C2)cn1. The molecule has 2 aliphatic heterocycles. The van der Waals surface area contributed by atoms with Gasteiger partial charge in [0.25, 0.3) is 0 Å². The number of rotatable bonds is 1. The lowest BCUT2D eigenvalue weighted by Crippen LogP contribution is -2.59. The van der Waals surface area contributed by atoms with Gasteiger partial charge in [0.15, 0.2) is 0 Å². The minimum absolute atomic E-state index is 0.0198. The molecule has 1 atom stereocenters.